The van der Waals surface area contributed by atoms with Crippen molar-refractivity contribution in [2.75, 3.05) is 6.61 Å². The molecule has 1 saturated heterocycles. The standard InChI is InChI=1S/C27H41BO3Si2/c1-22(28-30-26(2,3)27(4,5)31-28)25(32(6,7)23-16-12-10-13-17-23)20-21-29-33(8,9)24-18-14-11-15-19-24/h10-19,25H,1,20-21H2,2-9H3. The molecule has 6 heteroatoms. The Kier molecular flexibility index (Phi) is 7.66. The summed E-state index contributed by atoms with van der Waals surface area (Å²) in [5.41, 5.74) is 0.581. The molecule has 1 atom stereocenters. The van der Waals surface area contributed by atoms with Gasteiger partial charge < -0.3 is 13.7 Å². The predicted molar refractivity (Wildman–Crippen MR) is 147 cm³/mol. The Bertz CT molecular complexity index is 926. The van der Waals surface area contributed by atoms with E-state index in [1.807, 2.05) is 0 Å². The van der Waals surface area contributed by atoms with Gasteiger partial charge in [0.2, 0.25) is 8.32 Å². The lowest BCUT2D eigenvalue weighted by Crippen LogP contribution is -2.50. The van der Waals surface area contributed by atoms with Crippen LogP contribution in [0.25, 0.3) is 0 Å². The van der Waals surface area contributed by atoms with Crippen LogP contribution in [0.5, 0.6) is 0 Å². The molecular formula is C27H41BO3Si2. The molecule has 0 bridgehead atoms. The molecule has 3 rings (SSSR count). The third-order valence-corrected chi connectivity index (χ3v) is 14.6. The lowest BCUT2D eigenvalue weighted by atomic mass is 9.76. The van der Waals surface area contributed by atoms with Crippen LogP contribution in [0.3, 0.4) is 0 Å². The zero-order valence-electron chi connectivity index (χ0n) is 21.8. The molecule has 1 aliphatic heterocycles. The van der Waals surface area contributed by atoms with Crippen molar-refractivity contribution < 1.29 is 13.7 Å². The van der Waals surface area contributed by atoms with E-state index in [0.29, 0.717) is 6.61 Å². The molecule has 1 heterocycles. The molecule has 3 nitrogen and oxygen atoms in total. The summed E-state index contributed by atoms with van der Waals surface area (Å²) in [6.45, 7) is 23.1. The van der Waals surface area contributed by atoms with Gasteiger partial charge in [-0.2, -0.15) is 0 Å². The molecule has 0 aliphatic carbocycles. The van der Waals surface area contributed by atoms with E-state index in [1.54, 1.807) is 0 Å². The zero-order valence-corrected chi connectivity index (χ0v) is 23.8. The van der Waals surface area contributed by atoms with Crippen molar-refractivity contribution in [2.24, 2.45) is 0 Å². The fraction of sp³-hybridized carbons (Fsp3) is 0.481. The maximum atomic E-state index is 6.61. The van der Waals surface area contributed by atoms with Crippen LogP contribution >= 0.6 is 0 Å². The predicted octanol–water partition coefficient (Wildman–Crippen LogP) is 5.68. The number of allylic oxidation sites excluding steroid dienone is 1. The Balaban J connectivity index is 1.83. The van der Waals surface area contributed by atoms with Crippen LogP contribution < -0.4 is 10.4 Å². The second-order valence-electron chi connectivity index (χ2n) is 11.3. The molecule has 178 valence electrons. The average molecular weight is 481 g/mol. The Morgan fingerprint density at radius 3 is 1.79 bits per heavy atom. The number of hydrogen-bond donors (Lipinski definition) is 0. The largest absolute Gasteiger partial charge is 0.489 e. The van der Waals surface area contributed by atoms with Crippen LogP contribution in [-0.4, -0.2) is 41.3 Å². The van der Waals surface area contributed by atoms with Gasteiger partial charge in [0, 0.05) is 6.61 Å². The number of rotatable bonds is 9. The summed E-state index contributed by atoms with van der Waals surface area (Å²) in [7, 11) is -4.30. The molecule has 2 aromatic rings. The third-order valence-electron chi connectivity index (χ3n) is 7.73. The first-order valence-corrected chi connectivity index (χ1v) is 18.1. The van der Waals surface area contributed by atoms with Crippen LogP contribution in [0.4, 0.5) is 0 Å². The summed E-state index contributed by atoms with van der Waals surface area (Å²) in [5.74, 6) is 0. The summed E-state index contributed by atoms with van der Waals surface area (Å²) in [5, 5.41) is 2.75. The Labute approximate surface area is 203 Å². The summed E-state index contributed by atoms with van der Waals surface area (Å²) < 4.78 is 19.5. The van der Waals surface area contributed by atoms with E-state index in [0.717, 1.165) is 11.9 Å². The lowest BCUT2D eigenvalue weighted by molar-refractivity contribution is 0.00578. The van der Waals surface area contributed by atoms with Gasteiger partial charge in [-0.25, -0.2) is 0 Å². The highest BCUT2D eigenvalue weighted by Gasteiger charge is 2.54. The van der Waals surface area contributed by atoms with Gasteiger partial charge in [-0.15, -0.1) is 6.58 Å². The molecule has 33 heavy (non-hydrogen) atoms. The van der Waals surface area contributed by atoms with E-state index in [-0.39, 0.29) is 16.7 Å². The van der Waals surface area contributed by atoms with Crippen molar-refractivity contribution in [2.45, 2.75) is 77.0 Å². The van der Waals surface area contributed by atoms with Crippen molar-refractivity contribution in [3.63, 3.8) is 0 Å². The van der Waals surface area contributed by atoms with Gasteiger partial charge in [0.25, 0.3) is 0 Å². The van der Waals surface area contributed by atoms with E-state index in [2.05, 4.69) is 121 Å². The van der Waals surface area contributed by atoms with Gasteiger partial charge >= 0.3 is 7.12 Å². The topological polar surface area (TPSA) is 27.7 Å². The van der Waals surface area contributed by atoms with Crippen molar-refractivity contribution in [3.8, 4) is 0 Å². The summed E-state index contributed by atoms with van der Waals surface area (Å²) >= 11 is 0. The molecule has 1 aliphatic rings. The lowest BCUT2D eigenvalue weighted by Gasteiger charge is -2.36. The SMILES string of the molecule is C=C(B1OC(C)(C)C(C)(C)O1)C(CCO[Si](C)(C)c1ccccc1)[Si](C)(C)c1ccccc1. The molecule has 0 saturated carbocycles. The molecule has 0 spiro atoms. The van der Waals surface area contributed by atoms with Crippen molar-refractivity contribution in [1.29, 1.82) is 0 Å². The van der Waals surface area contributed by atoms with E-state index < -0.39 is 23.5 Å². The minimum Gasteiger partial charge on any atom is -0.413 e. The monoisotopic (exact) mass is 480 g/mol. The second kappa shape index (κ2) is 9.67. The van der Waals surface area contributed by atoms with E-state index in [1.165, 1.54) is 10.4 Å². The number of hydrogen-bond acceptors (Lipinski definition) is 3. The third kappa shape index (κ3) is 5.63. The average Bonchev–Trinajstić information content (AvgIpc) is 2.99. The molecule has 0 radical (unpaired) electrons. The zero-order chi connectivity index (χ0) is 24.5. The normalized spacial score (nSPS) is 18.8. The fourth-order valence-electron chi connectivity index (χ4n) is 4.59. The number of benzene rings is 2. The van der Waals surface area contributed by atoms with Crippen LogP contribution in [0.15, 0.2) is 72.7 Å². The smallest absolute Gasteiger partial charge is 0.413 e. The highest BCUT2D eigenvalue weighted by atomic mass is 28.4. The van der Waals surface area contributed by atoms with E-state index in [4.69, 9.17) is 13.7 Å². The molecular weight excluding hydrogens is 439 g/mol. The molecule has 0 aromatic heterocycles. The minimum absolute atomic E-state index is 0.273. The van der Waals surface area contributed by atoms with Crippen LogP contribution in [0, 0.1) is 0 Å². The molecule has 2 aromatic carbocycles. The molecule has 0 N–H and O–H groups in total. The van der Waals surface area contributed by atoms with Gasteiger partial charge in [-0.3, -0.25) is 0 Å². The Morgan fingerprint density at radius 1 is 0.848 bits per heavy atom. The van der Waals surface area contributed by atoms with Gasteiger partial charge in [0.1, 0.15) is 0 Å². The molecule has 1 unspecified atom stereocenters. The van der Waals surface area contributed by atoms with Gasteiger partial charge in [-0.1, -0.05) is 78.9 Å². The van der Waals surface area contributed by atoms with Crippen molar-refractivity contribution >= 4 is 33.9 Å². The van der Waals surface area contributed by atoms with Crippen molar-refractivity contribution in [3.05, 3.63) is 72.7 Å². The first kappa shape index (κ1) is 26.2. The van der Waals surface area contributed by atoms with Crippen LogP contribution in [-0.2, 0) is 13.7 Å². The quantitative estimate of drug-likeness (QED) is 0.432. The van der Waals surface area contributed by atoms with Crippen LogP contribution in [0.1, 0.15) is 34.1 Å². The van der Waals surface area contributed by atoms with E-state index in [9.17, 15) is 0 Å². The fourth-order valence-corrected chi connectivity index (χ4v) is 9.74. The first-order valence-electron chi connectivity index (χ1n) is 12.1. The van der Waals surface area contributed by atoms with Crippen molar-refractivity contribution in [1.82, 2.24) is 0 Å². The van der Waals surface area contributed by atoms with E-state index >= 15 is 0 Å². The maximum absolute atomic E-state index is 6.61. The Hall–Kier alpha value is -1.44. The highest BCUT2D eigenvalue weighted by Crippen LogP contribution is 2.43. The maximum Gasteiger partial charge on any atom is 0.489 e. The molecule has 0 amide bonds. The summed E-state index contributed by atoms with van der Waals surface area (Å²) in [6.07, 6.45) is 0.917. The van der Waals surface area contributed by atoms with Gasteiger partial charge in [0.05, 0.1) is 19.3 Å². The Morgan fingerprint density at radius 2 is 1.30 bits per heavy atom. The molecule has 1 fully saturated rings. The van der Waals surface area contributed by atoms with Crippen LogP contribution in [0.2, 0.25) is 31.7 Å². The second-order valence-corrected chi connectivity index (χ2v) is 19.9. The van der Waals surface area contributed by atoms with Gasteiger partial charge in [0.15, 0.2) is 0 Å². The first-order chi connectivity index (χ1) is 15.3. The summed E-state index contributed by atoms with van der Waals surface area (Å²) in [6, 6.07) is 21.5. The highest BCUT2D eigenvalue weighted by molar-refractivity contribution is 6.92. The minimum atomic E-state index is -1.97. The van der Waals surface area contributed by atoms with Gasteiger partial charge in [-0.05, 0) is 63.4 Å². The summed E-state index contributed by atoms with van der Waals surface area (Å²) in [4.78, 5) is 0.